The van der Waals surface area contributed by atoms with Crippen LogP contribution in [-0.2, 0) is 14.3 Å². The lowest BCUT2D eigenvalue weighted by atomic mass is 9.98. The van der Waals surface area contributed by atoms with Gasteiger partial charge in [0.15, 0.2) is 0 Å². The molecule has 0 aromatic heterocycles. The molecular weight excluding hydrogens is 378 g/mol. The second kappa shape index (κ2) is 9.31. The van der Waals surface area contributed by atoms with Crippen molar-refractivity contribution in [1.82, 2.24) is 10.2 Å². The molecule has 10 heteroatoms. The first-order valence-electron chi connectivity index (χ1n) is 8.50. The number of piperidine rings is 1. The SMILES string of the molecule is CCOC(=O)C1CCCN(C(=O)CNC(=O)c2ccc(Cl)c([N+](=O)[O-])c2)C1. The van der Waals surface area contributed by atoms with E-state index in [1.165, 1.54) is 17.0 Å². The highest BCUT2D eigenvalue weighted by atomic mass is 35.5. The molecule has 0 spiro atoms. The summed E-state index contributed by atoms with van der Waals surface area (Å²) >= 11 is 5.71. The second-order valence-corrected chi connectivity index (χ2v) is 6.44. The molecule has 0 radical (unpaired) electrons. The van der Waals surface area contributed by atoms with Gasteiger partial charge in [0.1, 0.15) is 5.02 Å². The minimum atomic E-state index is -0.687. The molecule has 146 valence electrons. The first-order chi connectivity index (χ1) is 12.8. The van der Waals surface area contributed by atoms with Crippen molar-refractivity contribution in [3.63, 3.8) is 0 Å². The Hall–Kier alpha value is -2.68. The van der Waals surface area contributed by atoms with Crippen molar-refractivity contribution in [3.8, 4) is 0 Å². The summed E-state index contributed by atoms with van der Waals surface area (Å²) in [5, 5.41) is 13.3. The lowest BCUT2D eigenvalue weighted by molar-refractivity contribution is -0.384. The van der Waals surface area contributed by atoms with E-state index in [4.69, 9.17) is 16.3 Å². The molecule has 1 N–H and O–H groups in total. The van der Waals surface area contributed by atoms with Crippen LogP contribution in [0, 0.1) is 16.0 Å². The second-order valence-electron chi connectivity index (χ2n) is 6.04. The van der Waals surface area contributed by atoms with Gasteiger partial charge < -0.3 is 15.0 Å². The van der Waals surface area contributed by atoms with Gasteiger partial charge in [0.2, 0.25) is 5.91 Å². The average molecular weight is 398 g/mol. The van der Waals surface area contributed by atoms with Crippen LogP contribution in [0.25, 0.3) is 0 Å². The summed E-state index contributed by atoms with van der Waals surface area (Å²) in [7, 11) is 0. The topological polar surface area (TPSA) is 119 Å². The van der Waals surface area contributed by atoms with Crippen LogP contribution >= 0.6 is 11.6 Å². The zero-order chi connectivity index (χ0) is 20.0. The number of nitro benzene ring substituents is 1. The summed E-state index contributed by atoms with van der Waals surface area (Å²) in [6, 6.07) is 3.65. The fourth-order valence-corrected chi connectivity index (χ4v) is 3.01. The number of esters is 1. The van der Waals surface area contributed by atoms with E-state index in [9.17, 15) is 24.5 Å². The number of nitrogens with one attached hydrogen (secondary N) is 1. The van der Waals surface area contributed by atoms with Gasteiger partial charge in [-0.2, -0.15) is 0 Å². The Morgan fingerprint density at radius 2 is 2.15 bits per heavy atom. The summed E-state index contributed by atoms with van der Waals surface area (Å²) in [4.78, 5) is 48.0. The Morgan fingerprint density at radius 3 is 2.81 bits per heavy atom. The minimum absolute atomic E-state index is 0.0296. The van der Waals surface area contributed by atoms with Crippen molar-refractivity contribution in [2.75, 3.05) is 26.2 Å². The molecule has 1 heterocycles. The minimum Gasteiger partial charge on any atom is -0.466 e. The van der Waals surface area contributed by atoms with E-state index in [0.29, 0.717) is 19.4 Å². The molecule has 9 nitrogen and oxygen atoms in total. The molecule has 1 fully saturated rings. The van der Waals surface area contributed by atoms with Gasteiger partial charge in [0.05, 0.1) is 24.0 Å². The molecule has 0 saturated carbocycles. The predicted octanol–water partition coefficient (Wildman–Crippen LogP) is 1.78. The summed E-state index contributed by atoms with van der Waals surface area (Å²) in [6.07, 6.45) is 1.33. The summed E-state index contributed by atoms with van der Waals surface area (Å²) in [5.74, 6) is -1.65. The summed E-state index contributed by atoms with van der Waals surface area (Å²) in [6.45, 7) is 2.48. The molecule has 1 unspecified atom stereocenters. The molecule has 0 bridgehead atoms. The molecule has 1 aliphatic rings. The van der Waals surface area contributed by atoms with Crippen molar-refractivity contribution < 1.29 is 24.0 Å². The van der Waals surface area contributed by atoms with Crippen LogP contribution in [0.2, 0.25) is 5.02 Å². The van der Waals surface area contributed by atoms with Crippen LogP contribution in [0.3, 0.4) is 0 Å². The zero-order valence-electron chi connectivity index (χ0n) is 14.8. The number of nitrogens with zero attached hydrogens (tertiary/aromatic N) is 2. The number of hydrogen-bond donors (Lipinski definition) is 1. The molecule has 2 amide bonds. The first-order valence-corrected chi connectivity index (χ1v) is 8.87. The Morgan fingerprint density at radius 1 is 1.41 bits per heavy atom. The van der Waals surface area contributed by atoms with Crippen molar-refractivity contribution in [2.45, 2.75) is 19.8 Å². The molecule has 27 heavy (non-hydrogen) atoms. The maximum Gasteiger partial charge on any atom is 0.310 e. The van der Waals surface area contributed by atoms with Crippen LogP contribution in [0.5, 0.6) is 0 Å². The normalized spacial score (nSPS) is 16.5. The highest BCUT2D eigenvalue weighted by molar-refractivity contribution is 6.32. The van der Waals surface area contributed by atoms with E-state index in [2.05, 4.69) is 5.32 Å². The van der Waals surface area contributed by atoms with Gasteiger partial charge in [-0.3, -0.25) is 24.5 Å². The van der Waals surface area contributed by atoms with Crippen molar-refractivity contribution in [2.24, 2.45) is 5.92 Å². The molecular formula is C17H20ClN3O6. The molecule has 1 saturated heterocycles. The number of likely N-dealkylation sites (tertiary alicyclic amines) is 1. The third-order valence-corrected chi connectivity index (χ3v) is 4.52. The van der Waals surface area contributed by atoms with Crippen LogP contribution in [-0.4, -0.2) is 53.8 Å². The van der Waals surface area contributed by atoms with Crippen LogP contribution in [0.1, 0.15) is 30.1 Å². The van der Waals surface area contributed by atoms with Crippen LogP contribution in [0.4, 0.5) is 5.69 Å². The highest BCUT2D eigenvalue weighted by Crippen LogP contribution is 2.25. The third kappa shape index (κ3) is 5.40. The van der Waals surface area contributed by atoms with E-state index in [-0.39, 0.29) is 53.8 Å². The number of rotatable bonds is 6. The van der Waals surface area contributed by atoms with Crippen LogP contribution < -0.4 is 5.32 Å². The maximum atomic E-state index is 12.3. The standard InChI is InChI=1S/C17H20ClN3O6/c1-2-27-17(24)12-4-3-7-20(10-12)15(22)9-19-16(23)11-5-6-13(18)14(8-11)21(25)26/h5-6,8,12H,2-4,7,9-10H2,1H3,(H,19,23). The van der Waals surface area contributed by atoms with Gasteiger partial charge in [0.25, 0.3) is 11.6 Å². The number of carbonyl (C=O) groups excluding carboxylic acids is 3. The summed E-state index contributed by atoms with van der Waals surface area (Å²) in [5.41, 5.74) is -0.356. The molecule has 1 aliphatic heterocycles. The lowest BCUT2D eigenvalue weighted by Gasteiger charge is -2.31. The molecule has 2 rings (SSSR count). The van der Waals surface area contributed by atoms with Gasteiger partial charge in [-0.05, 0) is 31.9 Å². The van der Waals surface area contributed by atoms with E-state index in [1.54, 1.807) is 6.92 Å². The number of hydrogen-bond acceptors (Lipinski definition) is 6. The van der Waals surface area contributed by atoms with Gasteiger partial charge in [0, 0.05) is 24.7 Å². The number of ether oxygens (including phenoxy) is 1. The van der Waals surface area contributed by atoms with Gasteiger partial charge in [-0.15, -0.1) is 0 Å². The Labute approximate surface area is 160 Å². The smallest absolute Gasteiger partial charge is 0.310 e. The molecule has 0 aliphatic carbocycles. The number of benzene rings is 1. The number of amides is 2. The van der Waals surface area contributed by atoms with E-state index in [1.807, 2.05) is 0 Å². The lowest BCUT2D eigenvalue weighted by Crippen LogP contribution is -2.46. The quantitative estimate of drug-likeness (QED) is 0.444. The average Bonchev–Trinajstić information content (AvgIpc) is 2.66. The van der Waals surface area contributed by atoms with E-state index < -0.39 is 10.8 Å². The zero-order valence-corrected chi connectivity index (χ0v) is 15.5. The van der Waals surface area contributed by atoms with E-state index in [0.717, 1.165) is 6.07 Å². The summed E-state index contributed by atoms with van der Waals surface area (Å²) < 4.78 is 4.99. The number of carbonyl (C=O) groups is 3. The fourth-order valence-electron chi connectivity index (χ4n) is 2.82. The first kappa shape index (κ1) is 20.6. The Bertz CT molecular complexity index is 754. The number of halogens is 1. The van der Waals surface area contributed by atoms with Gasteiger partial charge in [-0.1, -0.05) is 11.6 Å². The fraction of sp³-hybridized carbons (Fsp3) is 0.471. The highest BCUT2D eigenvalue weighted by Gasteiger charge is 2.29. The van der Waals surface area contributed by atoms with E-state index >= 15 is 0 Å². The van der Waals surface area contributed by atoms with Crippen molar-refractivity contribution in [3.05, 3.63) is 38.9 Å². The van der Waals surface area contributed by atoms with Crippen molar-refractivity contribution >= 4 is 35.1 Å². The molecule has 1 aromatic rings. The maximum absolute atomic E-state index is 12.3. The van der Waals surface area contributed by atoms with Crippen molar-refractivity contribution in [1.29, 1.82) is 0 Å². The van der Waals surface area contributed by atoms with Crippen LogP contribution in [0.15, 0.2) is 18.2 Å². The Kier molecular flexibility index (Phi) is 7.12. The Balaban J connectivity index is 1.93. The molecule has 1 atom stereocenters. The number of nitro groups is 1. The molecule has 1 aromatic carbocycles. The monoisotopic (exact) mass is 397 g/mol. The predicted molar refractivity (Wildman–Crippen MR) is 96.4 cm³/mol. The van der Waals surface area contributed by atoms with Gasteiger partial charge in [-0.25, -0.2) is 0 Å². The third-order valence-electron chi connectivity index (χ3n) is 4.20. The van der Waals surface area contributed by atoms with Gasteiger partial charge >= 0.3 is 5.97 Å². The largest absolute Gasteiger partial charge is 0.466 e.